The van der Waals surface area contributed by atoms with Gasteiger partial charge in [-0.25, -0.2) is 8.42 Å². The van der Waals surface area contributed by atoms with Gasteiger partial charge in [0.25, 0.3) is 0 Å². The monoisotopic (exact) mass is 219 g/mol. The summed E-state index contributed by atoms with van der Waals surface area (Å²) >= 11 is 0. The number of sulfone groups is 1. The maximum atomic E-state index is 11.3. The molecule has 2 heterocycles. The summed E-state index contributed by atoms with van der Waals surface area (Å²) in [5, 5.41) is 11.6. The van der Waals surface area contributed by atoms with Gasteiger partial charge in [-0.3, -0.25) is 4.79 Å². The van der Waals surface area contributed by atoms with Crippen LogP contribution in [0.4, 0.5) is 0 Å². The highest BCUT2D eigenvalue weighted by molar-refractivity contribution is 7.91. The van der Waals surface area contributed by atoms with E-state index in [-0.39, 0.29) is 23.5 Å². The average Bonchev–Trinajstić information content (AvgIpc) is 2.45. The fraction of sp³-hybridized carbons (Fsp3) is 0.875. The van der Waals surface area contributed by atoms with E-state index >= 15 is 0 Å². The van der Waals surface area contributed by atoms with E-state index in [1.165, 1.54) is 0 Å². The number of carbonyl (C=O) groups is 1. The lowest BCUT2D eigenvalue weighted by atomic mass is 9.97. The molecule has 3 unspecified atom stereocenters. The van der Waals surface area contributed by atoms with Gasteiger partial charge in [0, 0.05) is 6.04 Å². The Morgan fingerprint density at radius 2 is 2.14 bits per heavy atom. The first-order valence-electron chi connectivity index (χ1n) is 4.67. The lowest BCUT2D eigenvalue weighted by Gasteiger charge is -2.24. The molecule has 0 aromatic rings. The minimum Gasteiger partial charge on any atom is -0.480 e. The average molecular weight is 219 g/mol. The zero-order valence-corrected chi connectivity index (χ0v) is 8.46. The molecule has 0 radical (unpaired) electrons. The van der Waals surface area contributed by atoms with Crippen LogP contribution in [0.3, 0.4) is 0 Å². The molecule has 0 aromatic carbocycles. The van der Waals surface area contributed by atoms with Crippen molar-refractivity contribution < 1.29 is 18.3 Å². The number of nitrogens with one attached hydrogen (secondary N) is 1. The van der Waals surface area contributed by atoms with Crippen molar-refractivity contribution in [2.24, 2.45) is 5.92 Å². The van der Waals surface area contributed by atoms with E-state index in [0.717, 1.165) is 0 Å². The second-order valence-corrected chi connectivity index (χ2v) is 6.29. The third-order valence-corrected chi connectivity index (χ3v) is 4.78. The van der Waals surface area contributed by atoms with Gasteiger partial charge in [0.2, 0.25) is 0 Å². The molecule has 0 bridgehead atoms. The van der Waals surface area contributed by atoms with E-state index in [1.54, 1.807) is 0 Å². The van der Waals surface area contributed by atoms with Crippen LogP contribution in [0.5, 0.6) is 0 Å². The fourth-order valence-electron chi connectivity index (χ4n) is 2.29. The number of aliphatic carboxylic acids is 1. The first-order chi connectivity index (χ1) is 6.48. The second kappa shape index (κ2) is 3.20. The molecular weight excluding hydrogens is 206 g/mol. The molecule has 2 fully saturated rings. The number of hydrogen-bond acceptors (Lipinski definition) is 4. The Kier molecular flexibility index (Phi) is 2.27. The van der Waals surface area contributed by atoms with Crippen molar-refractivity contribution in [2.45, 2.75) is 24.9 Å². The van der Waals surface area contributed by atoms with Gasteiger partial charge in [-0.15, -0.1) is 0 Å². The molecule has 2 saturated heterocycles. The molecule has 2 N–H and O–H groups in total. The van der Waals surface area contributed by atoms with Crippen molar-refractivity contribution in [3.8, 4) is 0 Å². The third-order valence-electron chi connectivity index (χ3n) is 3.05. The van der Waals surface area contributed by atoms with E-state index in [9.17, 15) is 13.2 Å². The van der Waals surface area contributed by atoms with Gasteiger partial charge in [0.1, 0.15) is 6.04 Å². The molecule has 14 heavy (non-hydrogen) atoms. The van der Waals surface area contributed by atoms with E-state index in [1.807, 2.05) is 0 Å². The number of carboxylic acid groups (broad SMARTS) is 1. The van der Waals surface area contributed by atoms with Crippen molar-refractivity contribution in [1.29, 1.82) is 0 Å². The van der Waals surface area contributed by atoms with Gasteiger partial charge >= 0.3 is 5.97 Å². The van der Waals surface area contributed by atoms with Gasteiger partial charge in [-0.2, -0.15) is 0 Å². The summed E-state index contributed by atoms with van der Waals surface area (Å²) in [5.74, 6) is -0.347. The first kappa shape index (κ1) is 9.92. The summed E-state index contributed by atoms with van der Waals surface area (Å²) in [5.41, 5.74) is 0. The molecule has 2 aliphatic rings. The Hall–Kier alpha value is -0.620. The van der Waals surface area contributed by atoms with Crippen LogP contribution >= 0.6 is 0 Å². The summed E-state index contributed by atoms with van der Waals surface area (Å²) in [4.78, 5) is 10.7. The zero-order valence-electron chi connectivity index (χ0n) is 7.64. The largest absolute Gasteiger partial charge is 0.480 e. The Labute approximate surface area is 82.4 Å². The third kappa shape index (κ3) is 1.76. The SMILES string of the molecule is O=C(O)C1CC2CCS(=O)(=O)CC2N1. The molecule has 5 nitrogen and oxygen atoms in total. The Balaban J connectivity index is 2.09. The number of rotatable bonds is 1. The Morgan fingerprint density at radius 1 is 1.43 bits per heavy atom. The van der Waals surface area contributed by atoms with Crippen molar-refractivity contribution in [3.63, 3.8) is 0 Å². The van der Waals surface area contributed by atoms with Crippen LogP contribution in [0.1, 0.15) is 12.8 Å². The predicted octanol–water partition coefficient (Wildman–Crippen LogP) is -0.764. The van der Waals surface area contributed by atoms with Crippen LogP contribution in [0.15, 0.2) is 0 Å². The molecule has 0 aliphatic carbocycles. The van der Waals surface area contributed by atoms with Crippen molar-refractivity contribution in [2.75, 3.05) is 11.5 Å². The van der Waals surface area contributed by atoms with Gasteiger partial charge in [0.15, 0.2) is 9.84 Å². The fourth-order valence-corrected chi connectivity index (χ4v) is 4.04. The van der Waals surface area contributed by atoms with E-state index < -0.39 is 21.8 Å². The van der Waals surface area contributed by atoms with Crippen LogP contribution in [-0.2, 0) is 14.6 Å². The normalized spacial score (nSPS) is 40.4. The van der Waals surface area contributed by atoms with Crippen molar-refractivity contribution in [3.05, 3.63) is 0 Å². The standard InChI is InChI=1S/C8H13NO4S/c10-8(11)6-3-5-1-2-14(12,13)4-7(5)9-6/h5-7,9H,1-4H2,(H,10,11). The summed E-state index contributed by atoms with van der Waals surface area (Å²) in [6.45, 7) is 0. The summed E-state index contributed by atoms with van der Waals surface area (Å²) in [6.07, 6.45) is 1.17. The lowest BCUT2D eigenvalue weighted by molar-refractivity contribution is -0.139. The number of hydrogen-bond donors (Lipinski definition) is 2. The van der Waals surface area contributed by atoms with Crippen LogP contribution in [0.25, 0.3) is 0 Å². The molecular formula is C8H13NO4S. The van der Waals surface area contributed by atoms with Gasteiger partial charge in [-0.05, 0) is 18.8 Å². The zero-order chi connectivity index (χ0) is 10.3. The van der Waals surface area contributed by atoms with E-state index in [2.05, 4.69) is 5.32 Å². The molecule has 0 spiro atoms. The Bertz CT molecular complexity index is 350. The molecule has 6 heteroatoms. The van der Waals surface area contributed by atoms with Crippen LogP contribution in [0, 0.1) is 5.92 Å². The minimum absolute atomic E-state index is 0.0987. The van der Waals surface area contributed by atoms with E-state index in [0.29, 0.717) is 12.8 Å². The second-order valence-electron chi connectivity index (χ2n) is 4.06. The van der Waals surface area contributed by atoms with Crippen molar-refractivity contribution >= 4 is 15.8 Å². The minimum atomic E-state index is -2.94. The maximum absolute atomic E-state index is 11.3. The highest BCUT2D eigenvalue weighted by Gasteiger charge is 2.42. The molecule has 2 rings (SSSR count). The molecule has 0 saturated carbocycles. The molecule has 0 aromatic heterocycles. The topological polar surface area (TPSA) is 83.5 Å². The van der Waals surface area contributed by atoms with Gasteiger partial charge in [0.05, 0.1) is 11.5 Å². The molecule has 2 aliphatic heterocycles. The Morgan fingerprint density at radius 3 is 2.79 bits per heavy atom. The van der Waals surface area contributed by atoms with Gasteiger partial charge < -0.3 is 10.4 Å². The summed E-state index contributed by atoms with van der Waals surface area (Å²) < 4.78 is 22.6. The first-order valence-corrected chi connectivity index (χ1v) is 6.49. The smallest absolute Gasteiger partial charge is 0.320 e. The van der Waals surface area contributed by atoms with E-state index in [4.69, 9.17) is 5.11 Å². The number of fused-ring (bicyclic) bond motifs is 1. The quantitative estimate of drug-likeness (QED) is 0.605. The summed E-state index contributed by atoms with van der Waals surface area (Å²) in [6, 6.07) is -0.701. The van der Waals surface area contributed by atoms with Crippen LogP contribution in [0.2, 0.25) is 0 Å². The number of carboxylic acids is 1. The lowest BCUT2D eigenvalue weighted by Crippen LogP contribution is -2.43. The maximum Gasteiger partial charge on any atom is 0.320 e. The highest BCUT2D eigenvalue weighted by Crippen LogP contribution is 2.29. The molecule has 0 amide bonds. The summed E-state index contributed by atoms with van der Waals surface area (Å²) in [7, 11) is -2.94. The molecule has 80 valence electrons. The predicted molar refractivity (Wildman–Crippen MR) is 49.7 cm³/mol. The highest BCUT2D eigenvalue weighted by atomic mass is 32.2. The van der Waals surface area contributed by atoms with Gasteiger partial charge in [-0.1, -0.05) is 0 Å². The molecule has 3 atom stereocenters. The van der Waals surface area contributed by atoms with Crippen LogP contribution < -0.4 is 5.32 Å². The van der Waals surface area contributed by atoms with Crippen molar-refractivity contribution in [1.82, 2.24) is 5.32 Å². The van der Waals surface area contributed by atoms with Crippen LogP contribution in [-0.4, -0.2) is 43.1 Å².